The first-order chi connectivity index (χ1) is 6.18. The molecule has 0 aliphatic carbocycles. The van der Waals surface area contributed by atoms with Gasteiger partial charge in [0, 0.05) is 13.6 Å². The Morgan fingerprint density at radius 3 is 2.29 bits per heavy atom. The normalized spacial score (nSPS) is 17.0. The zero-order chi connectivity index (χ0) is 11.4. The first-order valence-electron chi connectivity index (χ1n) is 4.59. The van der Waals surface area contributed by atoms with Crippen LogP contribution < -0.4 is 9.44 Å². The number of aliphatic hydroxyl groups is 1. The van der Waals surface area contributed by atoms with E-state index in [1.165, 1.54) is 7.05 Å². The molecule has 0 saturated carbocycles. The second kappa shape index (κ2) is 5.06. The third kappa shape index (κ3) is 6.31. The predicted molar refractivity (Wildman–Crippen MR) is 56.1 cm³/mol. The van der Waals surface area contributed by atoms with E-state index in [0.717, 1.165) is 0 Å². The third-order valence-electron chi connectivity index (χ3n) is 1.76. The Kier molecular flexibility index (Phi) is 5.00. The molecule has 0 aromatic carbocycles. The second-order valence-corrected chi connectivity index (χ2v) is 5.83. The maximum Gasteiger partial charge on any atom is 0.276 e. The van der Waals surface area contributed by atoms with Gasteiger partial charge in [-0.15, -0.1) is 0 Å². The molecule has 0 amide bonds. The molecule has 0 aromatic rings. The lowest BCUT2D eigenvalue weighted by Gasteiger charge is -2.25. The molecule has 0 aliphatic rings. The smallest absolute Gasteiger partial charge is 0.276 e. The van der Waals surface area contributed by atoms with Crippen molar-refractivity contribution in [2.24, 2.45) is 5.92 Å². The Labute approximate surface area is 86.1 Å². The summed E-state index contributed by atoms with van der Waals surface area (Å²) in [6.07, 6.45) is 0.555. The molecule has 0 rings (SSSR count). The van der Waals surface area contributed by atoms with Crippen molar-refractivity contribution in [3.05, 3.63) is 0 Å². The molecular formula is C8H20N2O3S. The molecule has 0 aromatic heterocycles. The molecule has 6 heteroatoms. The highest BCUT2D eigenvalue weighted by Crippen LogP contribution is 2.15. The molecule has 1 unspecified atom stereocenters. The first kappa shape index (κ1) is 13.8. The minimum Gasteiger partial charge on any atom is -0.389 e. The molecule has 0 saturated heterocycles. The van der Waals surface area contributed by atoms with Gasteiger partial charge in [0.2, 0.25) is 0 Å². The van der Waals surface area contributed by atoms with E-state index in [-0.39, 0.29) is 6.54 Å². The van der Waals surface area contributed by atoms with E-state index < -0.39 is 15.8 Å². The van der Waals surface area contributed by atoms with Gasteiger partial charge in [-0.2, -0.15) is 13.1 Å². The average molecular weight is 224 g/mol. The Bertz CT molecular complexity index is 260. The van der Waals surface area contributed by atoms with E-state index in [0.29, 0.717) is 12.3 Å². The summed E-state index contributed by atoms with van der Waals surface area (Å²) in [5, 5.41) is 9.79. The summed E-state index contributed by atoms with van der Waals surface area (Å²) in [6, 6.07) is 0. The van der Waals surface area contributed by atoms with Gasteiger partial charge < -0.3 is 5.11 Å². The Morgan fingerprint density at radius 2 is 1.93 bits per heavy atom. The molecule has 0 radical (unpaired) electrons. The highest BCUT2D eigenvalue weighted by atomic mass is 32.2. The van der Waals surface area contributed by atoms with Gasteiger partial charge in [-0.25, -0.2) is 4.72 Å². The van der Waals surface area contributed by atoms with Gasteiger partial charge in [0.15, 0.2) is 0 Å². The van der Waals surface area contributed by atoms with Crippen LogP contribution in [0.4, 0.5) is 0 Å². The molecule has 5 nitrogen and oxygen atoms in total. The largest absolute Gasteiger partial charge is 0.389 e. The van der Waals surface area contributed by atoms with E-state index in [4.69, 9.17) is 0 Å². The Balaban J connectivity index is 4.12. The molecule has 14 heavy (non-hydrogen) atoms. The van der Waals surface area contributed by atoms with Crippen molar-refractivity contribution in [1.29, 1.82) is 0 Å². The molecular weight excluding hydrogens is 204 g/mol. The van der Waals surface area contributed by atoms with Crippen molar-refractivity contribution in [3.8, 4) is 0 Å². The van der Waals surface area contributed by atoms with E-state index in [2.05, 4.69) is 9.44 Å². The minimum atomic E-state index is -3.45. The molecule has 0 fully saturated rings. The van der Waals surface area contributed by atoms with E-state index >= 15 is 0 Å². The number of hydrogen-bond donors (Lipinski definition) is 3. The number of nitrogens with one attached hydrogen (secondary N) is 2. The van der Waals surface area contributed by atoms with Crippen molar-refractivity contribution in [2.45, 2.75) is 32.8 Å². The summed E-state index contributed by atoms with van der Waals surface area (Å²) in [5.41, 5.74) is -1.00. The summed E-state index contributed by atoms with van der Waals surface area (Å²) in [4.78, 5) is 0. The lowest BCUT2D eigenvalue weighted by molar-refractivity contribution is 0.0436. The zero-order valence-corrected chi connectivity index (χ0v) is 9.98. The SMILES string of the molecule is CNS(=O)(=O)NCC(C)(O)CC(C)C. The molecule has 0 bridgehead atoms. The maximum absolute atomic E-state index is 11.0. The lowest BCUT2D eigenvalue weighted by atomic mass is 9.95. The lowest BCUT2D eigenvalue weighted by Crippen LogP contribution is -2.44. The summed E-state index contributed by atoms with van der Waals surface area (Å²) >= 11 is 0. The second-order valence-electron chi connectivity index (χ2n) is 4.12. The van der Waals surface area contributed by atoms with Crippen molar-refractivity contribution < 1.29 is 13.5 Å². The van der Waals surface area contributed by atoms with Crippen LogP contribution in [-0.2, 0) is 10.2 Å². The fourth-order valence-electron chi connectivity index (χ4n) is 1.27. The highest BCUT2D eigenvalue weighted by molar-refractivity contribution is 7.87. The standard InChI is InChI=1S/C8H20N2O3S/c1-7(2)5-8(3,11)6-10-14(12,13)9-4/h7,9-11H,5-6H2,1-4H3. The fraction of sp³-hybridized carbons (Fsp3) is 1.00. The average Bonchev–Trinajstić information content (AvgIpc) is 1.99. The van der Waals surface area contributed by atoms with Gasteiger partial charge in [-0.3, -0.25) is 0 Å². The van der Waals surface area contributed by atoms with E-state index in [1.54, 1.807) is 6.92 Å². The monoisotopic (exact) mass is 224 g/mol. The molecule has 1 atom stereocenters. The minimum absolute atomic E-state index is 0.0222. The molecule has 0 aliphatic heterocycles. The maximum atomic E-state index is 11.0. The van der Waals surface area contributed by atoms with Gasteiger partial charge in [0.25, 0.3) is 10.2 Å². The number of hydrogen-bond acceptors (Lipinski definition) is 3. The van der Waals surface area contributed by atoms with Crippen LogP contribution in [0.2, 0.25) is 0 Å². The van der Waals surface area contributed by atoms with Crippen molar-refractivity contribution in [1.82, 2.24) is 9.44 Å². The van der Waals surface area contributed by atoms with E-state index in [9.17, 15) is 13.5 Å². The summed E-state index contributed by atoms with van der Waals surface area (Å²) in [6.45, 7) is 5.58. The van der Waals surface area contributed by atoms with Gasteiger partial charge in [-0.1, -0.05) is 13.8 Å². The van der Waals surface area contributed by atoms with Crippen molar-refractivity contribution in [3.63, 3.8) is 0 Å². The van der Waals surface area contributed by atoms with Crippen LogP contribution in [0.15, 0.2) is 0 Å². The highest BCUT2D eigenvalue weighted by Gasteiger charge is 2.23. The van der Waals surface area contributed by atoms with Crippen LogP contribution in [0.5, 0.6) is 0 Å². The van der Waals surface area contributed by atoms with Crippen LogP contribution in [0.25, 0.3) is 0 Å². The van der Waals surface area contributed by atoms with Crippen LogP contribution in [0.1, 0.15) is 27.2 Å². The molecule has 3 N–H and O–H groups in total. The molecule has 86 valence electrons. The summed E-state index contributed by atoms with van der Waals surface area (Å²) in [7, 11) is -2.13. The number of rotatable bonds is 6. The van der Waals surface area contributed by atoms with Crippen molar-refractivity contribution >= 4 is 10.2 Å². The molecule has 0 heterocycles. The first-order valence-corrected chi connectivity index (χ1v) is 6.07. The van der Waals surface area contributed by atoms with Crippen molar-refractivity contribution in [2.75, 3.05) is 13.6 Å². The Morgan fingerprint density at radius 1 is 1.43 bits per heavy atom. The van der Waals surface area contributed by atoms with Gasteiger partial charge in [-0.05, 0) is 19.3 Å². The topological polar surface area (TPSA) is 78.4 Å². The zero-order valence-electron chi connectivity index (χ0n) is 9.16. The van der Waals surface area contributed by atoms with Gasteiger partial charge >= 0.3 is 0 Å². The van der Waals surface area contributed by atoms with E-state index in [1.807, 2.05) is 13.8 Å². The van der Waals surface area contributed by atoms with Crippen LogP contribution in [0, 0.1) is 5.92 Å². The quantitative estimate of drug-likeness (QED) is 0.586. The predicted octanol–water partition coefficient (Wildman–Crippen LogP) is -0.163. The fourth-order valence-corrected chi connectivity index (χ4v) is 1.92. The van der Waals surface area contributed by atoms with Gasteiger partial charge in [0.1, 0.15) is 0 Å². The summed E-state index contributed by atoms with van der Waals surface area (Å²) in [5.74, 6) is 0.323. The van der Waals surface area contributed by atoms with Crippen LogP contribution >= 0.6 is 0 Å². The van der Waals surface area contributed by atoms with Crippen LogP contribution in [-0.4, -0.2) is 32.7 Å². The molecule has 0 spiro atoms. The van der Waals surface area contributed by atoms with Crippen LogP contribution in [0.3, 0.4) is 0 Å². The van der Waals surface area contributed by atoms with Gasteiger partial charge in [0.05, 0.1) is 5.60 Å². The Hall–Kier alpha value is -0.170. The summed E-state index contributed by atoms with van der Waals surface area (Å²) < 4.78 is 26.4. The third-order valence-corrected chi connectivity index (χ3v) is 2.82.